The molecule has 0 saturated heterocycles. The Hall–Kier alpha value is -2.30. The molecule has 2 aromatic rings. The highest BCUT2D eigenvalue weighted by atomic mass is 16.5. The minimum absolute atomic E-state index is 0.122. The van der Waals surface area contributed by atoms with Gasteiger partial charge in [0.1, 0.15) is 12.1 Å². The maximum Gasteiger partial charge on any atom is 0.325 e. The number of benzene rings is 1. The van der Waals surface area contributed by atoms with E-state index in [0.717, 1.165) is 27.7 Å². The van der Waals surface area contributed by atoms with Crippen molar-refractivity contribution in [2.24, 2.45) is 0 Å². The number of hydrogen-bond acceptors (Lipinski definition) is 4. The van der Waals surface area contributed by atoms with Gasteiger partial charge in [0.25, 0.3) is 0 Å². The molecule has 0 spiro atoms. The van der Waals surface area contributed by atoms with E-state index in [1.54, 1.807) is 6.26 Å². The fraction of sp³-hybridized carbons (Fsp3) is 0.333. The highest BCUT2D eigenvalue weighted by Crippen LogP contribution is 2.26. The summed E-state index contributed by atoms with van der Waals surface area (Å²) in [5, 5.41) is 3.44. The van der Waals surface area contributed by atoms with E-state index in [1.165, 1.54) is 7.11 Å². The van der Waals surface area contributed by atoms with E-state index in [2.05, 4.69) is 10.1 Å². The number of amides is 1. The van der Waals surface area contributed by atoms with Crippen molar-refractivity contribution in [3.8, 4) is 0 Å². The van der Waals surface area contributed by atoms with Crippen LogP contribution in [0.1, 0.15) is 16.7 Å². The second kappa shape index (κ2) is 5.77. The molecule has 5 heteroatoms. The number of carbonyl (C=O) groups is 2. The summed E-state index contributed by atoms with van der Waals surface area (Å²) in [7, 11) is 1.28. The van der Waals surface area contributed by atoms with Gasteiger partial charge in [-0.1, -0.05) is 12.1 Å². The minimum Gasteiger partial charge on any atom is -0.468 e. The molecule has 106 valence electrons. The Balaban J connectivity index is 2.12. The van der Waals surface area contributed by atoms with Gasteiger partial charge in [-0.25, -0.2) is 0 Å². The second-order valence-electron chi connectivity index (χ2n) is 4.67. The zero-order chi connectivity index (χ0) is 14.7. The molecule has 0 fully saturated rings. The third kappa shape index (κ3) is 2.82. The first-order valence-electron chi connectivity index (χ1n) is 6.32. The number of furan rings is 1. The minimum atomic E-state index is -0.470. The summed E-state index contributed by atoms with van der Waals surface area (Å²) in [5.74, 6) is -0.710. The maximum absolute atomic E-state index is 11.8. The standard InChI is InChI=1S/C15H17NO4/c1-9-4-5-12-11(8-20-15(12)10(9)2)6-13(17)16-7-14(18)19-3/h4-5,8H,6-7H2,1-3H3,(H,16,17). The molecule has 2 rings (SSSR count). The fourth-order valence-corrected chi connectivity index (χ4v) is 2.00. The van der Waals surface area contributed by atoms with E-state index < -0.39 is 5.97 Å². The molecule has 0 aliphatic heterocycles. The number of nitrogens with one attached hydrogen (secondary N) is 1. The van der Waals surface area contributed by atoms with Crippen LogP contribution in [0.15, 0.2) is 22.8 Å². The van der Waals surface area contributed by atoms with Crippen LogP contribution in [0.2, 0.25) is 0 Å². The number of carbonyl (C=O) groups excluding carboxylic acids is 2. The molecule has 0 unspecified atom stereocenters. The molecule has 1 heterocycles. The Morgan fingerprint density at radius 3 is 2.75 bits per heavy atom. The van der Waals surface area contributed by atoms with Gasteiger partial charge in [0.15, 0.2) is 0 Å². The van der Waals surface area contributed by atoms with Crippen molar-refractivity contribution in [3.63, 3.8) is 0 Å². The van der Waals surface area contributed by atoms with Crippen molar-refractivity contribution >= 4 is 22.8 Å². The number of fused-ring (bicyclic) bond motifs is 1. The molecule has 0 atom stereocenters. The summed E-state index contributed by atoms with van der Waals surface area (Å²) in [6, 6.07) is 3.95. The van der Waals surface area contributed by atoms with Crippen molar-refractivity contribution in [3.05, 3.63) is 35.1 Å². The fourth-order valence-electron chi connectivity index (χ4n) is 2.00. The Morgan fingerprint density at radius 2 is 2.05 bits per heavy atom. The van der Waals surface area contributed by atoms with E-state index in [9.17, 15) is 9.59 Å². The number of methoxy groups -OCH3 is 1. The number of esters is 1. The third-order valence-corrected chi connectivity index (χ3v) is 3.35. The molecular formula is C15H17NO4. The molecule has 1 aromatic heterocycles. The van der Waals surface area contributed by atoms with Gasteiger partial charge in [-0.2, -0.15) is 0 Å². The summed E-state index contributed by atoms with van der Waals surface area (Å²) in [4.78, 5) is 22.7. The van der Waals surface area contributed by atoms with Gasteiger partial charge in [-0.05, 0) is 25.0 Å². The van der Waals surface area contributed by atoms with E-state index in [4.69, 9.17) is 4.42 Å². The van der Waals surface area contributed by atoms with Crippen LogP contribution in [-0.2, 0) is 20.7 Å². The van der Waals surface area contributed by atoms with Crippen molar-refractivity contribution in [1.29, 1.82) is 0 Å². The van der Waals surface area contributed by atoms with Gasteiger partial charge in [0, 0.05) is 10.9 Å². The van der Waals surface area contributed by atoms with Crippen LogP contribution in [0, 0.1) is 13.8 Å². The normalized spacial score (nSPS) is 10.6. The Morgan fingerprint density at radius 1 is 1.30 bits per heavy atom. The van der Waals surface area contributed by atoms with E-state index in [0.29, 0.717) is 0 Å². The van der Waals surface area contributed by atoms with Crippen molar-refractivity contribution in [2.75, 3.05) is 13.7 Å². The van der Waals surface area contributed by atoms with Crippen LogP contribution in [0.3, 0.4) is 0 Å². The number of hydrogen-bond donors (Lipinski definition) is 1. The molecule has 0 saturated carbocycles. The summed E-state index contributed by atoms with van der Waals surface area (Å²) >= 11 is 0. The predicted octanol–water partition coefficient (Wildman–Crippen LogP) is 1.88. The van der Waals surface area contributed by atoms with E-state index in [1.807, 2.05) is 26.0 Å². The lowest BCUT2D eigenvalue weighted by Gasteiger charge is -2.03. The van der Waals surface area contributed by atoms with Crippen LogP contribution in [-0.4, -0.2) is 25.5 Å². The number of rotatable bonds is 4. The molecule has 1 N–H and O–H groups in total. The number of aryl methyl sites for hydroxylation is 2. The average Bonchev–Trinajstić information content (AvgIpc) is 2.84. The first kappa shape index (κ1) is 14.1. The van der Waals surface area contributed by atoms with Gasteiger partial charge < -0.3 is 14.5 Å². The molecule has 1 amide bonds. The van der Waals surface area contributed by atoms with Crippen LogP contribution in [0.5, 0.6) is 0 Å². The third-order valence-electron chi connectivity index (χ3n) is 3.35. The lowest BCUT2D eigenvalue weighted by molar-refractivity contribution is -0.141. The van der Waals surface area contributed by atoms with Gasteiger partial charge in [0.05, 0.1) is 19.8 Å². The highest BCUT2D eigenvalue weighted by molar-refractivity contribution is 5.90. The van der Waals surface area contributed by atoms with Crippen LogP contribution < -0.4 is 5.32 Å². The Bertz CT molecular complexity index is 657. The topological polar surface area (TPSA) is 68.5 Å². The molecule has 5 nitrogen and oxygen atoms in total. The van der Waals surface area contributed by atoms with Crippen LogP contribution in [0.25, 0.3) is 11.0 Å². The molecule has 0 radical (unpaired) electrons. The first-order valence-corrected chi connectivity index (χ1v) is 6.32. The molecular weight excluding hydrogens is 258 g/mol. The first-order chi connectivity index (χ1) is 9.52. The molecule has 0 aliphatic rings. The van der Waals surface area contributed by atoms with Crippen LogP contribution in [0.4, 0.5) is 0 Å². The van der Waals surface area contributed by atoms with E-state index >= 15 is 0 Å². The highest BCUT2D eigenvalue weighted by Gasteiger charge is 2.13. The monoisotopic (exact) mass is 275 g/mol. The Labute approximate surface area is 116 Å². The lowest BCUT2D eigenvalue weighted by atomic mass is 10.0. The summed E-state index contributed by atoms with van der Waals surface area (Å²) in [6.45, 7) is 3.88. The number of ether oxygens (including phenoxy) is 1. The quantitative estimate of drug-likeness (QED) is 0.865. The molecule has 20 heavy (non-hydrogen) atoms. The maximum atomic E-state index is 11.8. The van der Waals surface area contributed by atoms with Crippen molar-refractivity contribution < 1.29 is 18.7 Å². The van der Waals surface area contributed by atoms with E-state index in [-0.39, 0.29) is 18.9 Å². The smallest absolute Gasteiger partial charge is 0.325 e. The van der Waals surface area contributed by atoms with Crippen LogP contribution >= 0.6 is 0 Å². The Kier molecular flexibility index (Phi) is 4.08. The summed E-state index contributed by atoms with van der Waals surface area (Å²) in [6.07, 6.45) is 1.77. The van der Waals surface area contributed by atoms with Gasteiger partial charge in [0.2, 0.25) is 5.91 Å². The zero-order valence-electron chi connectivity index (χ0n) is 11.8. The summed E-state index contributed by atoms with van der Waals surface area (Å²) in [5.41, 5.74) is 3.84. The largest absolute Gasteiger partial charge is 0.468 e. The average molecular weight is 275 g/mol. The van der Waals surface area contributed by atoms with Crippen molar-refractivity contribution in [2.45, 2.75) is 20.3 Å². The zero-order valence-corrected chi connectivity index (χ0v) is 11.8. The van der Waals surface area contributed by atoms with Gasteiger partial charge in [-0.15, -0.1) is 0 Å². The lowest BCUT2D eigenvalue weighted by Crippen LogP contribution is -2.31. The predicted molar refractivity (Wildman–Crippen MR) is 74.4 cm³/mol. The molecule has 0 aliphatic carbocycles. The molecule has 1 aromatic carbocycles. The van der Waals surface area contributed by atoms with Gasteiger partial charge in [-0.3, -0.25) is 9.59 Å². The SMILES string of the molecule is COC(=O)CNC(=O)Cc1coc2c(C)c(C)ccc12. The summed E-state index contributed by atoms with van der Waals surface area (Å²) < 4.78 is 10.00. The second-order valence-corrected chi connectivity index (χ2v) is 4.67. The molecule has 0 bridgehead atoms. The van der Waals surface area contributed by atoms with Crippen molar-refractivity contribution in [1.82, 2.24) is 5.32 Å². The van der Waals surface area contributed by atoms with Gasteiger partial charge >= 0.3 is 5.97 Å².